The number of nitrogens with zero attached hydrogens (tertiary/aromatic N) is 2. The number of ether oxygens (including phenoxy) is 1. The van der Waals surface area contributed by atoms with Gasteiger partial charge in [-0.1, -0.05) is 6.92 Å². The van der Waals surface area contributed by atoms with Gasteiger partial charge in [-0.15, -0.1) is 0 Å². The Labute approximate surface area is 78.2 Å². The van der Waals surface area contributed by atoms with Gasteiger partial charge in [-0.05, 0) is 6.42 Å². The van der Waals surface area contributed by atoms with E-state index >= 15 is 0 Å². The molecule has 0 aliphatic rings. The van der Waals surface area contributed by atoms with Crippen molar-refractivity contribution < 1.29 is 9.84 Å². The summed E-state index contributed by atoms with van der Waals surface area (Å²) in [6.07, 6.45) is 3.72. The molecule has 0 radical (unpaired) electrons. The van der Waals surface area contributed by atoms with E-state index in [-0.39, 0.29) is 0 Å². The standard InChI is InChI=1S/C9H16N2O2/c1-3-4-13-6-9(12)8-5-10-7-11(8)2/h5,7,9,12H,3-4,6H2,1-2H3. The van der Waals surface area contributed by atoms with Crippen LogP contribution in [0.4, 0.5) is 0 Å². The van der Waals surface area contributed by atoms with Crippen LogP contribution in [0.25, 0.3) is 0 Å². The lowest BCUT2D eigenvalue weighted by Crippen LogP contribution is -2.10. The van der Waals surface area contributed by atoms with E-state index in [2.05, 4.69) is 4.98 Å². The van der Waals surface area contributed by atoms with Crippen molar-refractivity contribution in [2.24, 2.45) is 7.05 Å². The normalized spacial score (nSPS) is 13.2. The molecule has 4 nitrogen and oxygen atoms in total. The molecule has 0 fully saturated rings. The van der Waals surface area contributed by atoms with Crippen molar-refractivity contribution >= 4 is 0 Å². The van der Waals surface area contributed by atoms with E-state index in [1.54, 1.807) is 17.1 Å². The van der Waals surface area contributed by atoms with Gasteiger partial charge in [-0.2, -0.15) is 0 Å². The molecule has 1 aromatic rings. The van der Waals surface area contributed by atoms with Gasteiger partial charge in [0.15, 0.2) is 0 Å². The van der Waals surface area contributed by atoms with E-state index in [4.69, 9.17) is 4.74 Å². The number of aryl methyl sites for hydroxylation is 1. The van der Waals surface area contributed by atoms with Gasteiger partial charge in [-0.3, -0.25) is 0 Å². The fourth-order valence-electron chi connectivity index (χ4n) is 1.11. The molecule has 1 rings (SSSR count). The topological polar surface area (TPSA) is 47.3 Å². The molecule has 1 heterocycles. The molecular formula is C9H16N2O2. The Morgan fingerprint density at radius 2 is 2.46 bits per heavy atom. The van der Waals surface area contributed by atoms with Crippen LogP contribution in [0.2, 0.25) is 0 Å². The highest BCUT2D eigenvalue weighted by molar-refractivity contribution is 5.01. The second-order valence-electron chi connectivity index (χ2n) is 3.02. The Kier molecular flexibility index (Phi) is 3.92. The largest absolute Gasteiger partial charge is 0.384 e. The molecule has 0 spiro atoms. The van der Waals surface area contributed by atoms with Crippen molar-refractivity contribution in [3.05, 3.63) is 18.2 Å². The van der Waals surface area contributed by atoms with Crippen molar-refractivity contribution in [3.63, 3.8) is 0 Å². The van der Waals surface area contributed by atoms with Gasteiger partial charge in [0.05, 0.1) is 24.8 Å². The average molecular weight is 184 g/mol. The molecule has 1 N–H and O–H groups in total. The molecule has 0 bridgehead atoms. The SMILES string of the molecule is CCCOCC(O)c1cncn1C. The quantitative estimate of drug-likeness (QED) is 0.691. The first-order valence-corrected chi connectivity index (χ1v) is 4.47. The maximum atomic E-state index is 9.63. The van der Waals surface area contributed by atoms with Crippen LogP contribution in [0.5, 0.6) is 0 Å². The van der Waals surface area contributed by atoms with Gasteiger partial charge in [0.1, 0.15) is 6.10 Å². The second kappa shape index (κ2) is 4.99. The van der Waals surface area contributed by atoms with Crippen LogP contribution in [-0.4, -0.2) is 27.9 Å². The molecule has 1 aromatic heterocycles. The van der Waals surface area contributed by atoms with Gasteiger partial charge in [0.2, 0.25) is 0 Å². The Hall–Kier alpha value is -0.870. The van der Waals surface area contributed by atoms with Crippen molar-refractivity contribution in [1.29, 1.82) is 0 Å². The van der Waals surface area contributed by atoms with E-state index in [9.17, 15) is 5.11 Å². The maximum Gasteiger partial charge on any atom is 0.119 e. The molecule has 1 atom stereocenters. The van der Waals surface area contributed by atoms with E-state index in [0.717, 1.165) is 12.1 Å². The van der Waals surface area contributed by atoms with Crippen LogP contribution < -0.4 is 0 Å². The zero-order valence-corrected chi connectivity index (χ0v) is 8.10. The van der Waals surface area contributed by atoms with Crippen molar-refractivity contribution in [2.45, 2.75) is 19.4 Å². The summed E-state index contributed by atoms with van der Waals surface area (Å²) in [6.45, 7) is 3.07. The summed E-state index contributed by atoms with van der Waals surface area (Å²) < 4.78 is 7.02. The van der Waals surface area contributed by atoms with Gasteiger partial charge in [0.25, 0.3) is 0 Å². The predicted octanol–water partition coefficient (Wildman–Crippen LogP) is 0.880. The summed E-state index contributed by atoms with van der Waals surface area (Å²) in [4.78, 5) is 3.92. The molecule has 13 heavy (non-hydrogen) atoms. The Morgan fingerprint density at radius 1 is 1.69 bits per heavy atom. The van der Waals surface area contributed by atoms with Crippen LogP contribution in [0.15, 0.2) is 12.5 Å². The minimum atomic E-state index is -0.570. The predicted molar refractivity (Wildman–Crippen MR) is 49.3 cm³/mol. The minimum absolute atomic E-state index is 0.341. The molecule has 0 saturated carbocycles. The van der Waals surface area contributed by atoms with Gasteiger partial charge in [0, 0.05) is 13.7 Å². The van der Waals surface area contributed by atoms with Crippen LogP contribution in [0, 0.1) is 0 Å². The van der Waals surface area contributed by atoms with Crippen LogP contribution >= 0.6 is 0 Å². The number of hydrogen-bond acceptors (Lipinski definition) is 3. The first-order valence-electron chi connectivity index (χ1n) is 4.47. The highest BCUT2D eigenvalue weighted by Gasteiger charge is 2.10. The number of hydrogen-bond donors (Lipinski definition) is 1. The summed E-state index contributed by atoms with van der Waals surface area (Å²) in [7, 11) is 1.85. The number of imidazole rings is 1. The summed E-state index contributed by atoms with van der Waals surface area (Å²) in [5.41, 5.74) is 0.788. The van der Waals surface area contributed by atoms with E-state index in [0.29, 0.717) is 13.2 Å². The number of aliphatic hydroxyl groups excluding tert-OH is 1. The van der Waals surface area contributed by atoms with Crippen molar-refractivity contribution in [1.82, 2.24) is 9.55 Å². The van der Waals surface area contributed by atoms with E-state index in [1.165, 1.54) is 0 Å². The summed E-state index contributed by atoms with van der Waals surface area (Å²) >= 11 is 0. The molecule has 0 amide bonds. The zero-order valence-electron chi connectivity index (χ0n) is 8.10. The Bertz CT molecular complexity index is 248. The molecule has 0 saturated heterocycles. The van der Waals surface area contributed by atoms with Gasteiger partial charge >= 0.3 is 0 Å². The lowest BCUT2D eigenvalue weighted by molar-refractivity contribution is 0.0328. The highest BCUT2D eigenvalue weighted by atomic mass is 16.5. The van der Waals surface area contributed by atoms with Crippen LogP contribution in [-0.2, 0) is 11.8 Å². The fourth-order valence-corrected chi connectivity index (χ4v) is 1.11. The third-order valence-corrected chi connectivity index (χ3v) is 1.82. The van der Waals surface area contributed by atoms with Crippen molar-refractivity contribution in [2.75, 3.05) is 13.2 Å². The average Bonchev–Trinajstić information content (AvgIpc) is 2.52. The van der Waals surface area contributed by atoms with Crippen LogP contribution in [0.3, 0.4) is 0 Å². The van der Waals surface area contributed by atoms with Gasteiger partial charge in [-0.25, -0.2) is 4.98 Å². The monoisotopic (exact) mass is 184 g/mol. The third-order valence-electron chi connectivity index (χ3n) is 1.82. The number of aromatic nitrogens is 2. The van der Waals surface area contributed by atoms with E-state index in [1.807, 2.05) is 14.0 Å². The summed E-state index contributed by atoms with van der Waals surface area (Å²) in [6, 6.07) is 0. The smallest absolute Gasteiger partial charge is 0.119 e. The number of aliphatic hydroxyl groups is 1. The lowest BCUT2D eigenvalue weighted by Gasteiger charge is -2.10. The maximum absolute atomic E-state index is 9.63. The molecule has 0 aliphatic carbocycles. The zero-order chi connectivity index (χ0) is 9.68. The third kappa shape index (κ3) is 2.82. The van der Waals surface area contributed by atoms with Crippen LogP contribution in [0.1, 0.15) is 25.1 Å². The van der Waals surface area contributed by atoms with E-state index < -0.39 is 6.10 Å². The molecule has 4 heteroatoms. The Balaban J connectivity index is 2.39. The molecular weight excluding hydrogens is 168 g/mol. The first kappa shape index (κ1) is 10.2. The fraction of sp³-hybridized carbons (Fsp3) is 0.667. The second-order valence-corrected chi connectivity index (χ2v) is 3.02. The molecule has 0 aromatic carbocycles. The molecule has 1 unspecified atom stereocenters. The summed E-state index contributed by atoms with van der Waals surface area (Å²) in [5, 5.41) is 9.63. The first-order chi connectivity index (χ1) is 6.25. The molecule has 0 aliphatic heterocycles. The molecule has 74 valence electrons. The van der Waals surface area contributed by atoms with Crippen molar-refractivity contribution in [3.8, 4) is 0 Å². The minimum Gasteiger partial charge on any atom is -0.384 e. The number of rotatable bonds is 5. The Morgan fingerprint density at radius 3 is 3.00 bits per heavy atom. The highest BCUT2D eigenvalue weighted by Crippen LogP contribution is 2.10. The van der Waals surface area contributed by atoms with Gasteiger partial charge < -0.3 is 14.4 Å². The summed E-state index contributed by atoms with van der Waals surface area (Å²) in [5.74, 6) is 0. The lowest BCUT2D eigenvalue weighted by atomic mass is 10.3.